The van der Waals surface area contributed by atoms with Gasteiger partial charge in [0.15, 0.2) is 0 Å². The Morgan fingerprint density at radius 3 is 0.704 bits per heavy atom. The van der Waals surface area contributed by atoms with E-state index in [0.717, 1.165) is 36.7 Å². The fraction of sp³-hybridized carbons (Fsp3) is 1.00. The lowest BCUT2D eigenvalue weighted by Crippen LogP contribution is -2.15. The number of hydrogen-bond donors (Lipinski definition) is 1. The van der Waals surface area contributed by atoms with Gasteiger partial charge in [-0.1, -0.05) is 92.4 Å². The maximum atomic E-state index is 8.60. The lowest BCUT2D eigenvalue weighted by molar-refractivity contribution is -0.0279. The Labute approximate surface area is 331 Å². The van der Waals surface area contributed by atoms with Crippen LogP contribution < -0.4 is 0 Å². The Hall–Kier alpha value is -0.480. The van der Waals surface area contributed by atoms with Crippen LogP contribution in [0.5, 0.6) is 0 Å². The van der Waals surface area contributed by atoms with Crippen LogP contribution in [0.15, 0.2) is 0 Å². The van der Waals surface area contributed by atoms with Crippen molar-refractivity contribution in [2.45, 2.75) is 98.8 Å². The van der Waals surface area contributed by atoms with E-state index in [0.29, 0.717) is 139 Å². The van der Waals surface area contributed by atoms with Gasteiger partial charge in [-0.05, 0) is 30.1 Å². The molecule has 12 heteroatoms. The van der Waals surface area contributed by atoms with Gasteiger partial charge in [0.1, 0.15) is 0 Å². The minimum atomic E-state index is 0.0278. The maximum Gasteiger partial charge on any atom is 0.0701 e. The molecular formula is C42H86O12. The van der Waals surface area contributed by atoms with Crippen molar-refractivity contribution in [1.82, 2.24) is 0 Å². The van der Waals surface area contributed by atoms with Crippen LogP contribution in [0.2, 0.25) is 0 Å². The van der Waals surface area contributed by atoms with Crippen molar-refractivity contribution in [3.8, 4) is 0 Å². The molecule has 12 nitrogen and oxygen atoms in total. The van der Waals surface area contributed by atoms with Crippen LogP contribution in [-0.2, 0) is 52.1 Å². The third-order valence-electron chi connectivity index (χ3n) is 8.98. The van der Waals surface area contributed by atoms with E-state index < -0.39 is 0 Å². The zero-order chi connectivity index (χ0) is 39.4. The Kier molecular flexibility index (Phi) is 44.8. The highest BCUT2D eigenvalue weighted by Gasteiger charge is 2.08. The quantitative estimate of drug-likeness (QED) is 0.0668. The summed E-state index contributed by atoms with van der Waals surface area (Å²) in [6.07, 6.45) is 13.5. The summed E-state index contributed by atoms with van der Waals surface area (Å²) in [5.74, 6) is 3.30. The number of rotatable bonds is 47. The Morgan fingerprint density at radius 2 is 0.463 bits per heavy atom. The second-order valence-electron chi connectivity index (χ2n) is 14.8. The van der Waals surface area contributed by atoms with Crippen molar-refractivity contribution in [2.24, 2.45) is 23.7 Å². The molecular weight excluding hydrogens is 696 g/mol. The van der Waals surface area contributed by atoms with Crippen LogP contribution >= 0.6 is 0 Å². The number of aliphatic hydroxyl groups excluding tert-OH is 1. The number of ether oxygens (including phenoxy) is 11. The molecule has 0 aliphatic rings. The maximum absolute atomic E-state index is 8.60. The summed E-state index contributed by atoms with van der Waals surface area (Å²) in [5, 5.41) is 8.60. The van der Waals surface area contributed by atoms with Crippen LogP contribution in [-0.4, -0.2) is 157 Å². The molecule has 54 heavy (non-hydrogen) atoms. The van der Waals surface area contributed by atoms with Crippen LogP contribution in [0.3, 0.4) is 0 Å². The molecule has 0 radical (unpaired) electrons. The molecule has 3 atom stereocenters. The standard InChI is InChI=1S/C42H86O12/c1-39(2)9-6-10-40(3)11-7-12-41(4)13-8-14-42(5)15-17-44-19-21-46-23-25-48-27-29-50-31-33-52-35-37-54-38-36-53-34-32-51-30-28-49-26-24-47-22-20-45-18-16-43/h39-43H,6-38H2,1-5H3/t40-,41-,42?/m1/s1. The first-order valence-electron chi connectivity index (χ1n) is 21.4. The summed E-state index contributed by atoms with van der Waals surface area (Å²) in [7, 11) is 0. The van der Waals surface area contributed by atoms with E-state index in [1.807, 2.05) is 0 Å². The van der Waals surface area contributed by atoms with Crippen molar-refractivity contribution in [1.29, 1.82) is 0 Å². The predicted octanol–water partition coefficient (Wildman–Crippen LogP) is 6.63. The van der Waals surface area contributed by atoms with Crippen LogP contribution in [0, 0.1) is 23.7 Å². The highest BCUT2D eigenvalue weighted by Crippen LogP contribution is 2.22. The minimum absolute atomic E-state index is 0.0278. The largest absolute Gasteiger partial charge is 0.394 e. The van der Waals surface area contributed by atoms with Crippen molar-refractivity contribution < 1.29 is 57.2 Å². The van der Waals surface area contributed by atoms with Gasteiger partial charge in [0.05, 0.1) is 145 Å². The van der Waals surface area contributed by atoms with Gasteiger partial charge >= 0.3 is 0 Å². The van der Waals surface area contributed by atoms with Crippen LogP contribution in [0.25, 0.3) is 0 Å². The predicted molar refractivity (Wildman–Crippen MR) is 215 cm³/mol. The fourth-order valence-electron chi connectivity index (χ4n) is 5.59. The average molecular weight is 783 g/mol. The molecule has 0 spiro atoms. The van der Waals surface area contributed by atoms with Crippen molar-refractivity contribution in [3.05, 3.63) is 0 Å². The summed E-state index contributed by atoms with van der Waals surface area (Å²) >= 11 is 0. The number of hydrogen-bond acceptors (Lipinski definition) is 12. The molecule has 326 valence electrons. The zero-order valence-corrected chi connectivity index (χ0v) is 35.6. The molecule has 0 aliphatic carbocycles. The molecule has 0 rings (SSSR count). The summed E-state index contributed by atoms with van der Waals surface area (Å²) in [6.45, 7) is 23.6. The van der Waals surface area contributed by atoms with E-state index in [1.54, 1.807) is 0 Å². The fourth-order valence-corrected chi connectivity index (χ4v) is 5.59. The molecule has 0 aromatic carbocycles. The second-order valence-corrected chi connectivity index (χ2v) is 14.8. The second kappa shape index (κ2) is 45.2. The van der Waals surface area contributed by atoms with Crippen LogP contribution in [0.1, 0.15) is 98.8 Å². The summed E-state index contributed by atoms with van der Waals surface area (Å²) in [6, 6.07) is 0. The van der Waals surface area contributed by atoms with Gasteiger partial charge in [-0.3, -0.25) is 0 Å². The third kappa shape index (κ3) is 45.9. The summed E-state index contributed by atoms with van der Waals surface area (Å²) < 4.78 is 60.3. The molecule has 0 saturated carbocycles. The molecule has 0 amide bonds. The molecule has 0 aromatic heterocycles. The smallest absolute Gasteiger partial charge is 0.0701 e. The summed E-state index contributed by atoms with van der Waals surface area (Å²) in [5.41, 5.74) is 0. The first-order chi connectivity index (χ1) is 26.5. The Morgan fingerprint density at radius 1 is 0.259 bits per heavy atom. The van der Waals surface area contributed by atoms with Crippen molar-refractivity contribution in [2.75, 3.05) is 152 Å². The number of aliphatic hydroxyl groups is 1. The van der Waals surface area contributed by atoms with E-state index in [-0.39, 0.29) is 6.61 Å². The van der Waals surface area contributed by atoms with Gasteiger partial charge < -0.3 is 57.2 Å². The zero-order valence-electron chi connectivity index (χ0n) is 35.6. The van der Waals surface area contributed by atoms with Crippen LogP contribution in [0.4, 0.5) is 0 Å². The van der Waals surface area contributed by atoms with Gasteiger partial charge in [0.2, 0.25) is 0 Å². The van der Waals surface area contributed by atoms with Crippen molar-refractivity contribution in [3.63, 3.8) is 0 Å². The van der Waals surface area contributed by atoms with Gasteiger partial charge in [0, 0.05) is 6.61 Å². The normalized spacial score (nSPS) is 13.6. The van der Waals surface area contributed by atoms with Gasteiger partial charge in [-0.15, -0.1) is 0 Å². The van der Waals surface area contributed by atoms with Gasteiger partial charge in [-0.25, -0.2) is 0 Å². The van der Waals surface area contributed by atoms with Crippen molar-refractivity contribution >= 4 is 0 Å². The monoisotopic (exact) mass is 783 g/mol. The Balaban J connectivity index is 3.21. The first-order valence-corrected chi connectivity index (χ1v) is 21.4. The molecule has 0 bridgehead atoms. The van der Waals surface area contributed by atoms with E-state index in [9.17, 15) is 0 Å². The highest BCUT2D eigenvalue weighted by molar-refractivity contribution is 4.61. The molecule has 0 heterocycles. The average Bonchev–Trinajstić information content (AvgIpc) is 3.14. The Bertz CT molecular complexity index is 690. The van der Waals surface area contributed by atoms with E-state index in [4.69, 9.17) is 57.2 Å². The molecule has 1 unspecified atom stereocenters. The molecule has 1 N–H and O–H groups in total. The molecule has 0 aromatic rings. The van der Waals surface area contributed by atoms with E-state index >= 15 is 0 Å². The lowest BCUT2D eigenvalue weighted by Gasteiger charge is -2.16. The highest BCUT2D eigenvalue weighted by atomic mass is 16.6. The van der Waals surface area contributed by atoms with E-state index in [1.165, 1.54) is 57.8 Å². The van der Waals surface area contributed by atoms with Gasteiger partial charge in [-0.2, -0.15) is 0 Å². The topological polar surface area (TPSA) is 122 Å². The molecule has 0 saturated heterocycles. The minimum Gasteiger partial charge on any atom is -0.394 e. The lowest BCUT2D eigenvalue weighted by atomic mass is 9.91. The summed E-state index contributed by atoms with van der Waals surface area (Å²) in [4.78, 5) is 0. The SMILES string of the molecule is CC(C)CCC[C@@H](C)CCC[C@@H](C)CCCC(C)CCOCCOCCOCCOCCOCCOCCOCCOCCOCCOCCOCCO. The first kappa shape index (κ1) is 53.5. The molecule has 0 aliphatic heterocycles. The molecule has 0 fully saturated rings. The van der Waals surface area contributed by atoms with E-state index in [2.05, 4.69) is 34.6 Å². The van der Waals surface area contributed by atoms with Gasteiger partial charge in [0.25, 0.3) is 0 Å². The third-order valence-corrected chi connectivity index (χ3v) is 8.98.